The number of methoxy groups -OCH3 is 2. The van der Waals surface area contributed by atoms with Gasteiger partial charge in [-0.05, 0) is 62.2 Å². The molecule has 1 heterocycles. The summed E-state index contributed by atoms with van der Waals surface area (Å²) in [6.45, 7) is 8.28. The molecule has 0 spiro atoms. The fraction of sp³-hybridized carbons (Fsp3) is 0.385. The van der Waals surface area contributed by atoms with E-state index in [1.165, 1.54) is 4.90 Å². The molecule has 7 nitrogen and oxygen atoms in total. The molecule has 33 heavy (non-hydrogen) atoms. The lowest BCUT2D eigenvalue weighted by Gasteiger charge is -2.26. The maximum Gasteiger partial charge on any atom is 0.295 e. The number of ether oxygens (including phenoxy) is 2. The van der Waals surface area contributed by atoms with Gasteiger partial charge in [-0.15, -0.1) is 0 Å². The lowest BCUT2D eigenvalue weighted by atomic mass is 9.93. The molecule has 1 atom stereocenters. The number of hydrogen-bond donors (Lipinski definition) is 1. The Labute approximate surface area is 195 Å². The Kier molecular flexibility index (Phi) is 7.76. The van der Waals surface area contributed by atoms with Gasteiger partial charge in [0.15, 0.2) is 0 Å². The van der Waals surface area contributed by atoms with Crippen molar-refractivity contribution in [2.24, 2.45) is 0 Å². The molecule has 2 aromatic rings. The highest BCUT2D eigenvalue weighted by atomic mass is 16.5. The van der Waals surface area contributed by atoms with Gasteiger partial charge in [0.25, 0.3) is 11.7 Å². The van der Waals surface area contributed by atoms with Gasteiger partial charge in [-0.1, -0.05) is 12.1 Å². The highest BCUT2D eigenvalue weighted by Crippen LogP contribution is 2.40. The van der Waals surface area contributed by atoms with E-state index in [9.17, 15) is 14.7 Å². The Hall–Kier alpha value is -3.32. The average molecular weight is 453 g/mol. The van der Waals surface area contributed by atoms with Crippen molar-refractivity contribution in [2.75, 3.05) is 45.4 Å². The Bertz CT molecular complexity index is 1040. The van der Waals surface area contributed by atoms with Gasteiger partial charge in [-0.25, -0.2) is 0 Å². The number of Topliss-reactive ketones (excluding diaryl/α,β-unsaturated/α-hetero) is 1. The summed E-state index contributed by atoms with van der Waals surface area (Å²) in [5.74, 6) is -0.881. The fourth-order valence-corrected chi connectivity index (χ4v) is 4.28. The number of aryl methyl sites for hydroxylation is 1. The van der Waals surface area contributed by atoms with E-state index in [2.05, 4.69) is 18.7 Å². The second kappa shape index (κ2) is 10.5. The molecule has 176 valence electrons. The molecule has 1 aliphatic rings. The molecule has 7 heteroatoms. The third-order valence-corrected chi connectivity index (χ3v) is 6.10. The van der Waals surface area contributed by atoms with Crippen LogP contribution >= 0.6 is 0 Å². The number of nitrogens with zero attached hydrogens (tertiary/aromatic N) is 2. The van der Waals surface area contributed by atoms with E-state index in [1.54, 1.807) is 32.4 Å². The zero-order chi connectivity index (χ0) is 24.1. The van der Waals surface area contributed by atoms with E-state index in [-0.39, 0.29) is 24.5 Å². The van der Waals surface area contributed by atoms with Gasteiger partial charge in [0.05, 0.1) is 25.3 Å². The standard InChI is InChI=1S/C26H32N2O5/c1-6-27(7-2)19-10-8-18(9-11-19)23-22(25(30)26(31)28(23)14-15-32-4)24(29)21-13-12-20(33-5)16-17(21)3/h8-13,16,23,29H,6-7,14-15H2,1-5H3/b24-22-. The summed E-state index contributed by atoms with van der Waals surface area (Å²) in [5, 5.41) is 11.2. The maximum absolute atomic E-state index is 13.1. The maximum atomic E-state index is 13.1. The van der Waals surface area contributed by atoms with Gasteiger partial charge in [-0.3, -0.25) is 9.59 Å². The molecule has 0 bridgehead atoms. The van der Waals surface area contributed by atoms with Gasteiger partial charge >= 0.3 is 0 Å². The second-order valence-corrected chi connectivity index (χ2v) is 7.93. The Morgan fingerprint density at radius 3 is 2.27 bits per heavy atom. The van der Waals surface area contributed by atoms with E-state index in [1.807, 2.05) is 31.2 Å². The first-order chi connectivity index (χ1) is 15.9. The number of carbonyl (C=O) groups is 2. The van der Waals surface area contributed by atoms with Crippen LogP contribution in [-0.4, -0.2) is 62.2 Å². The molecule has 0 aliphatic carbocycles. The molecule has 1 N–H and O–H groups in total. The third kappa shape index (κ3) is 4.73. The fourth-order valence-electron chi connectivity index (χ4n) is 4.28. The Morgan fingerprint density at radius 2 is 1.73 bits per heavy atom. The summed E-state index contributed by atoms with van der Waals surface area (Å²) < 4.78 is 10.4. The van der Waals surface area contributed by atoms with Crippen LogP contribution in [-0.2, 0) is 14.3 Å². The van der Waals surface area contributed by atoms with Crippen molar-refractivity contribution in [3.8, 4) is 5.75 Å². The number of amides is 1. The van der Waals surface area contributed by atoms with Gasteiger partial charge in [0.1, 0.15) is 11.5 Å². The van der Waals surface area contributed by atoms with Crippen molar-refractivity contribution in [2.45, 2.75) is 26.8 Å². The smallest absolute Gasteiger partial charge is 0.295 e. The molecular weight excluding hydrogens is 420 g/mol. The summed E-state index contributed by atoms with van der Waals surface area (Å²) >= 11 is 0. The van der Waals surface area contributed by atoms with Crippen molar-refractivity contribution in [1.29, 1.82) is 0 Å². The minimum absolute atomic E-state index is 0.0833. The molecule has 0 aromatic heterocycles. The summed E-state index contributed by atoms with van der Waals surface area (Å²) in [5.41, 5.74) is 3.13. The molecule has 2 aromatic carbocycles. The van der Waals surface area contributed by atoms with Crippen molar-refractivity contribution in [3.05, 3.63) is 64.7 Å². The van der Waals surface area contributed by atoms with E-state index < -0.39 is 17.7 Å². The number of carbonyl (C=O) groups excluding carboxylic acids is 2. The Morgan fingerprint density at radius 1 is 1.06 bits per heavy atom. The van der Waals surface area contributed by atoms with Crippen LogP contribution in [0.1, 0.15) is 36.6 Å². The lowest BCUT2D eigenvalue weighted by Crippen LogP contribution is -2.32. The average Bonchev–Trinajstić information content (AvgIpc) is 3.08. The summed E-state index contributed by atoms with van der Waals surface area (Å²) in [6, 6.07) is 12.3. The molecule has 1 saturated heterocycles. The van der Waals surface area contributed by atoms with Crippen LogP contribution in [0.2, 0.25) is 0 Å². The minimum Gasteiger partial charge on any atom is -0.507 e. The monoisotopic (exact) mass is 452 g/mol. The van der Waals surface area contributed by atoms with Gasteiger partial charge < -0.3 is 24.4 Å². The molecule has 0 radical (unpaired) electrons. The molecule has 3 rings (SSSR count). The van der Waals surface area contributed by atoms with E-state index in [0.29, 0.717) is 11.3 Å². The van der Waals surface area contributed by atoms with Crippen molar-refractivity contribution in [3.63, 3.8) is 0 Å². The molecule has 1 unspecified atom stereocenters. The largest absolute Gasteiger partial charge is 0.507 e. The highest BCUT2D eigenvalue weighted by Gasteiger charge is 2.46. The van der Waals surface area contributed by atoms with Gasteiger partial charge in [0, 0.05) is 38.0 Å². The van der Waals surface area contributed by atoms with Crippen molar-refractivity contribution >= 4 is 23.1 Å². The number of hydrogen-bond acceptors (Lipinski definition) is 6. The SMILES string of the molecule is CCN(CC)c1ccc(C2/C(=C(/O)c3ccc(OC)cc3C)C(=O)C(=O)N2CCOC)cc1. The van der Waals surface area contributed by atoms with Crippen LogP contribution < -0.4 is 9.64 Å². The number of benzene rings is 2. The number of aliphatic hydroxyl groups excluding tert-OH is 1. The first kappa shape index (κ1) is 24.3. The highest BCUT2D eigenvalue weighted by molar-refractivity contribution is 6.46. The van der Waals surface area contributed by atoms with Crippen LogP contribution in [0.25, 0.3) is 5.76 Å². The predicted octanol–water partition coefficient (Wildman–Crippen LogP) is 3.92. The minimum atomic E-state index is -0.701. The van der Waals surface area contributed by atoms with Crippen molar-refractivity contribution < 1.29 is 24.2 Å². The van der Waals surface area contributed by atoms with Crippen LogP contribution in [0.15, 0.2) is 48.0 Å². The third-order valence-electron chi connectivity index (χ3n) is 6.10. The number of ketones is 1. The first-order valence-electron chi connectivity index (χ1n) is 11.1. The number of anilines is 1. The molecular formula is C26H32N2O5. The van der Waals surface area contributed by atoms with Gasteiger partial charge in [0.2, 0.25) is 0 Å². The van der Waals surface area contributed by atoms with Crippen LogP contribution in [0.3, 0.4) is 0 Å². The zero-order valence-corrected chi connectivity index (χ0v) is 19.9. The van der Waals surface area contributed by atoms with Gasteiger partial charge in [-0.2, -0.15) is 0 Å². The second-order valence-electron chi connectivity index (χ2n) is 7.93. The zero-order valence-electron chi connectivity index (χ0n) is 19.9. The predicted molar refractivity (Wildman–Crippen MR) is 129 cm³/mol. The first-order valence-corrected chi connectivity index (χ1v) is 11.1. The molecule has 1 fully saturated rings. The topological polar surface area (TPSA) is 79.3 Å². The van der Waals surface area contributed by atoms with Crippen molar-refractivity contribution in [1.82, 2.24) is 4.90 Å². The van der Waals surface area contributed by atoms with Crippen LogP contribution in [0, 0.1) is 6.92 Å². The summed E-state index contributed by atoms with van der Waals surface area (Å²) in [7, 11) is 3.11. The van der Waals surface area contributed by atoms with E-state index >= 15 is 0 Å². The lowest BCUT2D eigenvalue weighted by molar-refractivity contribution is -0.140. The number of rotatable bonds is 9. The van der Waals surface area contributed by atoms with Crippen LogP contribution in [0.4, 0.5) is 5.69 Å². The Balaban J connectivity index is 2.13. The molecule has 1 aliphatic heterocycles. The van der Waals surface area contributed by atoms with E-state index in [0.717, 1.165) is 29.9 Å². The van der Waals surface area contributed by atoms with Crippen LogP contribution in [0.5, 0.6) is 5.75 Å². The number of aliphatic hydroxyl groups is 1. The summed E-state index contributed by atoms with van der Waals surface area (Å²) in [6.07, 6.45) is 0. The number of likely N-dealkylation sites (tertiary alicyclic amines) is 1. The van der Waals surface area contributed by atoms with E-state index in [4.69, 9.17) is 9.47 Å². The normalized spacial score (nSPS) is 17.5. The summed E-state index contributed by atoms with van der Waals surface area (Å²) in [4.78, 5) is 29.7. The molecule has 1 amide bonds. The quantitative estimate of drug-likeness (QED) is 0.353. The molecule has 0 saturated carbocycles.